The van der Waals surface area contributed by atoms with Gasteiger partial charge in [0.15, 0.2) is 0 Å². The lowest BCUT2D eigenvalue weighted by Gasteiger charge is -2.34. The molecule has 0 aromatic heterocycles. The Bertz CT molecular complexity index is 2390. The van der Waals surface area contributed by atoms with Crippen LogP contribution in [0.3, 0.4) is 0 Å². The molecular weight excluding hydrogens is 544 g/mol. The predicted molar refractivity (Wildman–Crippen MR) is 184 cm³/mol. The van der Waals surface area contributed by atoms with Gasteiger partial charge in [-0.2, -0.15) is 0 Å². The highest BCUT2D eigenvalue weighted by Gasteiger charge is 2.52. The van der Waals surface area contributed by atoms with Crippen LogP contribution in [0.1, 0.15) is 47.2 Å². The van der Waals surface area contributed by atoms with E-state index in [0.29, 0.717) is 0 Å². The van der Waals surface area contributed by atoms with Gasteiger partial charge < -0.3 is 4.74 Å². The van der Waals surface area contributed by atoms with Crippen LogP contribution in [0.15, 0.2) is 146 Å². The number of hydrogen-bond acceptors (Lipinski definition) is 1. The lowest BCUT2D eigenvalue weighted by molar-refractivity contribution is 0.418. The highest BCUT2D eigenvalue weighted by Crippen LogP contribution is 2.64. The molecule has 212 valence electrons. The number of fused-ring (bicyclic) bond motifs is 14. The SMILES string of the molecule is CC1(C)c2ccccc2Oc2ccc(-c3ccc4c(c3)-c3ccccc3C43c4ccccc4-c4ccc5ccccc5c43)cc21. The number of benzene rings is 7. The molecule has 0 saturated heterocycles. The smallest absolute Gasteiger partial charge is 0.131 e. The molecule has 0 saturated carbocycles. The number of rotatable bonds is 1. The second-order valence-corrected chi connectivity index (χ2v) is 13.2. The molecule has 7 aromatic carbocycles. The van der Waals surface area contributed by atoms with Gasteiger partial charge in [0, 0.05) is 16.5 Å². The fraction of sp³-hybridized carbons (Fsp3) is 0.0909. The molecule has 1 unspecified atom stereocenters. The van der Waals surface area contributed by atoms with Crippen LogP contribution in [0.2, 0.25) is 0 Å². The molecule has 10 rings (SSSR count). The molecule has 0 fully saturated rings. The van der Waals surface area contributed by atoms with Crippen molar-refractivity contribution in [3.05, 3.63) is 179 Å². The zero-order chi connectivity index (χ0) is 29.9. The van der Waals surface area contributed by atoms with Gasteiger partial charge in [0.1, 0.15) is 11.5 Å². The van der Waals surface area contributed by atoms with Crippen LogP contribution in [-0.2, 0) is 10.8 Å². The van der Waals surface area contributed by atoms with Crippen LogP contribution in [0.4, 0.5) is 0 Å². The largest absolute Gasteiger partial charge is 0.457 e. The Balaban J connectivity index is 1.22. The van der Waals surface area contributed by atoms with Crippen LogP contribution >= 0.6 is 0 Å². The summed E-state index contributed by atoms with van der Waals surface area (Å²) in [5.41, 5.74) is 15.2. The molecule has 1 heteroatoms. The van der Waals surface area contributed by atoms with E-state index in [2.05, 4.69) is 153 Å². The molecule has 1 spiro atoms. The summed E-state index contributed by atoms with van der Waals surface area (Å²) in [4.78, 5) is 0. The van der Waals surface area contributed by atoms with Crippen LogP contribution in [0.25, 0.3) is 44.2 Å². The van der Waals surface area contributed by atoms with Gasteiger partial charge in [-0.25, -0.2) is 0 Å². The fourth-order valence-corrected chi connectivity index (χ4v) is 8.73. The van der Waals surface area contributed by atoms with Gasteiger partial charge >= 0.3 is 0 Å². The summed E-state index contributed by atoms with van der Waals surface area (Å²) in [6.07, 6.45) is 0. The first kappa shape index (κ1) is 25.0. The van der Waals surface area contributed by atoms with E-state index in [-0.39, 0.29) is 10.8 Å². The summed E-state index contributed by atoms with van der Waals surface area (Å²) in [5.74, 6) is 1.89. The molecule has 45 heavy (non-hydrogen) atoms. The molecule has 3 aliphatic rings. The Labute approximate surface area is 263 Å². The quantitative estimate of drug-likeness (QED) is 0.189. The van der Waals surface area contributed by atoms with Gasteiger partial charge in [-0.05, 0) is 90.7 Å². The Kier molecular flexibility index (Phi) is 4.78. The standard InChI is InChI=1S/C44H30O/c1-43(2)38-17-9-10-18-40(38)45-41-24-21-29(26-39(41)43)28-20-23-37-34(25-28)32-14-6-8-16-36(32)44(37)35-15-7-5-13-31(35)33-22-19-27-11-3-4-12-30(27)42(33)44/h3-26H,1-2H3. The predicted octanol–water partition coefficient (Wildman–Crippen LogP) is 11.3. The van der Waals surface area contributed by atoms with Gasteiger partial charge in [-0.1, -0.05) is 135 Å². The zero-order valence-corrected chi connectivity index (χ0v) is 25.3. The van der Waals surface area contributed by atoms with E-state index in [9.17, 15) is 0 Å². The molecule has 1 heterocycles. The van der Waals surface area contributed by atoms with Crippen molar-refractivity contribution < 1.29 is 4.74 Å². The van der Waals surface area contributed by atoms with E-state index in [4.69, 9.17) is 4.74 Å². The first-order valence-corrected chi connectivity index (χ1v) is 15.9. The summed E-state index contributed by atoms with van der Waals surface area (Å²) in [5, 5.41) is 2.61. The lowest BCUT2D eigenvalue weighted by Crippen LogP contribution is -2.26. The first-order valence-electron chi connectivity index (χ1n) is 15.9. The highest BCUT2D eigenvalue weighted by molar-refractivity contribution is 6.04. The Morgan fingerprint density at radius 1 is 0.422 bits per heavy atom. The van der Waals surface area contributed by atoms with Crippen molar-refractivity contribution in [2.75, 3.05) is 0 Å². The Morgan fingerprint density at radius 2 is 1.02 bits per heavy atom. The molecule has 0 amide bonds. The second-order valence-electron chi connectivity index (χ2n) is 13.2. The van der Waals surface area contributed by atoms with Crippen molar-refractivity contribution in [3.8, 4) is 44.9 Å². The van der Waals surface area contributed by atoms with Gasteiger partial charge in [0.25, 0.3) is 0 Å². The second kappa shape index (κ2) is 8.61. The zero-order valence-electron chi connectivity index (χ0n) is 25.3. The van der Waals surface area contributed by atoms with E-state index in [1.807, 2.05) is 6.07 Å². The summed E-state index contributed by atoms with van der Waals surface area (Å²) in [6.45, 7) is 4.61. The average Bonchev–Trinajstić information content (AvgIpc) is 3.55. The van der Waals surface area contributed by atoms with Crippen molar-refractivity contribution >= 4 is 10.8 Å². The molecule has 0 bridgehead atoms. The third-order valence-corrected chi connectivity index (χ3v) is 10.7. The summed E-state index contributed by atoms with van der Waals surface area (Å²) >= 11 is 0. The third kappa shape index (κ3) is 3.08. The van der Waals surface area contributed by atoms with Gasteiger partial charge in [0.05, 0.1) is 5.41 Å². The monoisotopic (exact) mass is 574 g/mol. The normalized spacial score (nSPS) is 17.6. The molecule has 0 N–H and O–H groups in total. The van der Waals surface area contributed by atoms with Crippen molar-refractivity contribution in [3.63, 3.8) is 0 Å². The lowest BCUT2D eigenvalue weighted by atomic mass is 9.69. The van der Waals surface area contributed by atoms with Gasteiger partial charge in [0.2, 0.25) is 0 Å². The summed E-state index contributed by atoms with van der Waals surface area (Å²) in [6, 6.07) is 54.0. The van der Waals surface area contributed by atoms with E-state index in [1.165, 1.54) is 77.5 Å². The molecule has 2 aliphatic carbocycles. The van der Waals surface area contributed by atoms with E-state index >= 15 is 0 Å². The Hall–Kier alpha value is -5.40. The number of ether oxygens (including phenoxy) is 1. The fourth-order valence-electron chi connectivity index (χ4n) is 8.73. The number of para-hydroxylation sites is 1. The number of hydrogen-bond donors (Lipinski definition) is 0. The molecular formula is C44H30O. The van der Waals surface area contributed by atoms with Crippen LogP contribution in [0, 0.1) is 0 Å². The molecule has 0 radical (unpaired) electrons. The van der Waals surface area contributed by atoms with Crippen LogP contribution in [0.5, 0.6) is 11.5 Å². The summed E-state index contributed by atoms with van der Waals surface area (Å²) in [7, 11) is 0. The maximum Gasteiger partial charge on any atom is 0.131 e. The minimum absolute atomic E-state index is 0.161. The topological polar surface area (TPSA) is 9.23 Å². The van der Waals surface area contributed by atoms with Crippen LogP contribution < -0.4 is 4.74 Å². The molecule has 1 aliphatic heterocycles. The van der Waals surface area contributed by atoms with Gasteiger partial charge in [-0.3, -0.25) is 0 Å². The molecule has 1 atom stereocenters. The van der Waals surface area contributed by atoms with Crippen molar-refractivity contribution in [1.29, 1.82) is 0 Å². The van der Waals surface area contributed by atoms with E-state index < -0.39 is 0 Å². The van der Waals surface area contributed by atoms with E-state index in [1.54, 1.807) is 0 Å². The molecule has 7 aromatic rings. The Morgan fingerprint density at radius 3 is 1.84 bits per heavy atom. The van der Waals surface area contributed by atoms with E-state index in [0.717, 1.165) is 11.5 Å². The van der Waals surface area contributed by atoms with Crippen molar-refractivity contribution in [2.24, 2.45) is 0 Å². The van der Waals surface area contributed by atoms with Crippen molar-refractivity contribution in [1.82, 2.24) is 0 Å². The minimum Gasteiger partial charge on any atom is -0.457 e. The first-order chi connectivity index (χ1) is 22.1. The van der Waals surface area contributed by atoms with Gasteiger partial charge in [-0.15, -0.1) is 0 Å². The van der Waals surface area contributed by atoms with Crippen LogP contribution in [-0.4, -0.2) is 0 Å². The van der Waals surface area contributed by atoms with Crippen molar-refractivity contribution in [2.45, 2.75) is 24.7 Å². The third-order valence-electron chi connectivity index (χ3n) is 10.7. The average molecular weight is 575 g/mol. The highest BCUT2D eigenvalue weighted by atomic mass is 16.5. The molecule has 1 nitrogen and oxygen atoms in total. The maximum atomic E-state index is 6.39. The summed E-state index contributed by atoms with van der Waals surface area (Å²) < 4.78 is 6.39. The maximum absolute atomic E-state index is 6.39. The minimum atomic E-state index is -0.368.